The van der Waals surface area contributed by atoms with E-state index in [9.17, 15) is 4.91 Å². The molecule has 0 spiro atoms. The van der Waals surface area contributed by atoms with E-state index in [0.29, 0.717) is 12.4 Å². The molecule has 32 valence electrons. The summed E-state index contributed by atoms with van der Waals surface area (Å²) in [5, 5.41) is 2.75. The molecule has 0 amide bonds. The standard InChI is InChI=1S/C3H6BNO/c6-5-2-3-1-4-3/h3-4H,1-2H2. The zero-order valence-corrected chi connectivity index (χ0v) is 3.55. The molecule has 1 atom stereocenters. The summed E-state index contributed by atoms with van der Waals surface area (Å²) < 4.78 is 0. The summed E-state index contributed by atoms with van der Waals surface area (Å²) in [5.41, 5.74) is 0. The molecule has 0 aromatic heterocycles. The van der Waals surface area contributed by atoms with E-state index in [1.165, 1.54) is 13.6 Å². The molecule has 1 aliphatic heterocycles. The lowest BCUT2D eigenvalue weighted by Crippen LogP contribution is -1.71. The summed E-state index contributed by atoms with van der Waals surface area (Å²) in [6.07, 6.45) is 1.23. The van der Waals surface area contributed by atoms with Crippen molar-refractivity contribution in [2.24, 2.45) is 5.18 Å². The molecular formula is C3H6BNO. The van der Waals surface area contributed by atoms with Crippen LogP contribution in [0, 0.1) is 4.91 Å². The molecule has 1 fully saturated rings. The van der Waals surface area contributed by atoms with Gasteiger partial charge in [0.15, 0.2) is 0 Å². The Morgan fingerprint density at radius 1 is 2.00 bits per heavy atom. The first-order valence-electron chi connectivity index (χ1n) is 2.22. The second-order valence-corrected chi connectivity index (χ2v) is 1.76. The third kappa shape index (κ3) is 0.811. The van der Waals surface area contributed by atoms with E-state index >= 15 is 0 Å². The molecule has 3 heteroatoms. The zero-order valence-electron chi connectivity index (χ0n) is 3.55. The maximum Gasteiger partial charge on any atom is 0.125 e. The summed E-state index contributed by atoms with van der Waals surface area (Å²) in [6, 6.07) is 0. The van der Waals surface area contributed by atoms with Gasteiger partial charge in [-0.25, -0.2) is 0 Å². The van der Waals surface area contributed by atoms with Crippen molar-refractivity contribution >= 4 is 7.28 Å². The lowest BCUT2D eigenvalue weighted by atomic mass is 10.0. The van der Waals surface area contributed by atoms with Gasteiger partial charge in [-0.15, -0.1) is 0 Å². The fourth-order valence-corrected chi connectivity index (χ4v) is 0.406. The first-order chi connectivity index (χ1) is 2.93. The Morgan fingerprint density at radius 3 is 2.83 bits per heavy atom. The highest BCUT2D eigenvalue weighted by Crippen LogP contribution is 2.26. The van der Waals surface area contributed by atoms with Gasteiger partial charge in [0.25, 0.3) is 0 Å². The number of hydrogen-bond donors (Lipinski definition) is 0. The molecule has 1 rings (SSSR count). The van der Waals surface area contributed by atoms with Crippen LogP contribution in [-0.2, 0) is 0 Å². The van der Waals surface area contributed by atoms with E-state index in [1.54, 1.807) is 0 Å². The highest BCUT2D eigenvalue weighted by molar-refractivity contribution is 6.51. The van der Waals surface area contributed by atoms with E-state index in [0.717, 1.165) is 0 Å². The molecule has 1 unspecified atom stereocenters. The van der Waals surface area contributed by atoms with Crippen LogP contribution in [0.4, 0.5) is 0 Å². The Labute approximate surface area is 37.1 Å². The zero-order chi connectivity index (χ0) is 4.41. The van der Waals surface area contributed by atoms with Crippen LogP contribution >= 0.6 is 0 Å². The summed E-state index contributed by atoms with van der Waals surface area (Å²) in [7, 11) is 1.23. The van der Waals surface area contributed by atoms with Gasteiger partial charge in [-0.05, 0) is 5.82 Å². The van der Waals surface area contributed by atoms with E-state index in [2.05, 4.69) is 5.18 Å². The quantitative estimate of drug-likeness (QED) is 0.351. The normalized spacial score (nSPS) is 28.3. The molecule has 0 N–H and O–H groups in total. The average molecular weight is 82.9 g/mol. The molecule has 1 saturated heterocycles. The van der Waals surface area contributed by atoms with Crippen molar-refractivity contribution in [2.75, 3.05) is 6.54 Å². The predicted molar refractivity (Wildman–Crippen MR) is 26.4 cm³/mol. The van der Waals surface area contributed by atoms with Crippen LogP contribution in [0.5, 0.6) is 0 Å². The van der Waals surface area contributed by atoms with Crippen LogP contribution in [0.15, 0.2) is 5.18 Å². The molecule has 0 aromatic carbocycles. The van der Waals surface area contributed by atoms with Crippen molar-refractivity contribution in [3.8, 4) is 0 Å². The monoisotopic (exact) mass is 83.1 g/mol. The smallest absolute Gasteiger partial charge is 0.125 e. The Kier molecular flexibility index (Phi) is 0.903. The molecule has 2 nitrogen and oxygen atoms in total. The Balaban J connectivity index is 2.00. The second kappa shape index (κ2) is 1.41. The SMILES string of the molecule is O=NCC1BC1. The largest absolute Gasteiger partial charge is 0.151 e. The molecule has 0 saturated carbocycles. The van der Waals surface area contributed by atoms with Crippen molar-refractivity contribution < 1.29 is 0 Å². The number of hydrogen-bond acceptors (Lipinski definition) is 2. The second-order valence-electron chi connectivity index (χ2n) is 1.76. The number of nitroso groups, excluding NO2 is 1. The van der Waals surface area contributed by atoms with Crippen molar-refractivity contribution in [3.63, 3.8) is 0 Å². The highest BCUT2D eigenvalue weighted by Gasteiger charge is 2.22. The van der Waals surface area contributed by atoms with Gasteiger partial charge < -0.3 is 0 Å². The van der Waals surface area contributed by atoms with Crippen LogP contribution in [0.3, 0.4) is 0 Å². The van der Waals surface area contributed by atoms with Crippen molar-refractivity contribution in [2.45, 2.75) is 12.1 Å². The van der Waals surface area contributed by atoms with Gasteiger partial charge in [0.2, 0.25) is 0 Å². The maximum absolute atomic E-state index is 9.41. The van der Waals surface area contributed by atoms with Crippen molar-refractivity contribution in [1.29, 1.82) is 0 Å². The van der Waals surface area contributed by atoms with E-state index in [1.807, 2.05) is 0 Å². The third-order valence-corrected chi connectivity index (χ3v) is 1.03. The van der Waals surface area contributed by atoms with E-state index in [4.69, 9.17) is 0 Å². The molecule has 0 radical (unpaired) electrons. The Bertz CT molecular complexity index is 61.8. The molecule has 1 aliphatic rings. The van der Waals surface area contributed by atoms with Crippen LogP contribution in [-0.4, -0.2) is 13.8 Å². The molecule has 0 aromatic rings. The van der Waals surface area contributed by atoms with Gasteiger partial charge in [-0.2, -0.15) is 4.91 Å². The van der Waals surface area contributed by atoms with Gasteiger partial charge in [0.1, 0.15) is 7.28 Å². The lowest BCUT2D eigenvalue weighted by Gasteiger charge is -1.73. The van der Waals surface area contributed by atoms with Gasteiger partial charge in [0, 0.05) is 0 Å². The highest BCUT2D eigenvalue weighted by atomic mass is 16.3. The fraction of sp³-hybridized carbons (Fsp3) is 1.00. The lowest BCUT2D eigenvalue weighted by molar-refractivity contribution is 0.997. The first-order valence-corrected chi connectivity index (χ1v) is 2.22. The minimum absolute atomic E-state index is 0.556. The number of rotatable bonds is 2. The predicted octanol–water partition coefficient (Wildman–Crippen LogP) is 0.410. The van der Waals surface area contributed by atoms with Crippen LogP contribution in [0.1, 0.15) is 0 Å². The first kappa shape index (κ1) is 3.84. The summed E-state index contributed by atoms with van der Waals surface area (Å²) in [4.78, 5) is 9.41. The van der Waals surface area contributed by atoms with Crippen molar-refractivity contribution in [1.82, 2.24) is 0 Å². The fourth-order valence-electron chi connectivity index (χ4n) is 0.406. The van der Waals surface area contributed by atoms with Crippen LogP contribution in [0.25, 0.3) is 0 Å². The van der Waals surface area contributed by atoms with Gasteiger partial charge in [-0.1, -0.05) is 11.5 Å². The summed E-state index contributed by atoms with van der Waals surface area (Å²) in [5.74, 6) is 0.669. The molecule has 1 heterocycles. The number of nitrogens with zero attached hydrogens (tertiary/aromatic N) is 1. The Morgan fingerprint density at radius 2 is 2.67 bits per heavy atom. The van der Waals surface area contributed by atoms with Gasteiger partial charge in [-0.3, -0.25) is 0 Å². The minimum Gasteiger partial charge on any atom is -0.151 e. The van der Waals surface area contributed by atoms with Crippen LogP contribution in [0.2, 0.25) is 12.1 Å². The van der Waals surface area contributed by atoms with E-state index in [-0.39, 0.29) is 0 Å². The molecule has 0 aliphatic carbocycles. The van der Waals surface area contributed by atoms with Crippen LogP contribution < -0.4 is 0 Å². The summed E-state index contributed by atoms with van der Waals surface area (Å²) in [6.45, 7) is 0.556. The molecular weight excluding hydrogens is 76.9 g/mol. The topological polar surface area (TPSA) is 29.4 Å². The molecule has 6 heavy (non-hydrogen) atoms. The third-order valence-electron chi connectivity index (χ3n) is 1.03. The minimum atomic E-state index is 0.556. The Hall–Kier alpha value is -0.335. The maximum atomic E-state index is 9.41. The van der Waals surface area contributed by atoms with Gasteiger partial charge >= 0.3 is 0 Å². The van der Waals surface area contributed by atoms with Gasteiger partial charge in [0.05, 0.1) is 6.54 Å². The summed E-state index contributed by atoms with van der Waals surface area (Å²) >= 11 is 0. The molecule has 0 bridgehead atoms. The van der Waals surface area contributed by atoms with E-state index < -0.39 is 0 Å². The average Bonchev–Trinajstić information content (AvgIpc) is 2.21. The van der Waals surface area contributed by atoms with Crippen molar-refractivity contribution in [3.05, 3.63) is 4.91 Å².